The molecule has 2 rings (SSSR count). The zero-order chi connectivity index (χ0) is 15.5. The Kier molecular flexibility index (Phi) is 4.84. The molecule has 0 radical (unpaired) electrons. The van der Waals surface area contributed by atoms with Gasteiger partial charge in [0.05, 0.1) is 11.5 Å². The summed E-state index contributed by atoms with van der Waals surface area (Å²) in [5.74, 6) is 0.938. The third-order valence-electron chi connectivity index (χ3n) is 2.72. The number of hydrogen-bond acceptors (Lipinski definition) is 4. The second kappa shape index (κ2) is 6.44. The van der Waals surface area contributed by atoms with Crippen LogP contribution in [0.5, 0.6) is 5.75 Å². The maximum atomic E-state index is 12.3. The third-order valence-corrected chi connectivity index (χ3v) is 4.56. The molecule has 0 spiro atoms. The van der Waals surface area contributed by atoms with Crippen LogP contribution in [-0.4, -0.2) is 20.0 Å². The van der Waals surface area contributed by atoms with E-state index in [2.05, 4.69) is 25.6 Å². The second-order valence-electron chi connectivity index (χ2n) is 4.33. The molecule has 21 heavy (non-hydrogen) atoms. The summed E-state index contributed by atoms with van der Waals surface area (Å²) in [5, 5.41) is 0. The first kappa shape index (κ1) is 15.8. The standard InChI is InChI=1S/C14H15BrN2O3S/c1-3-20-13-5-4-12(8-10(13)2)21(18,19)17-14-9-11(15)6-7-16-14/h4-9H,3H2,1-2H3,(H,16,17). The van der Waals surface area contributed by atoms with Crippen molar-refractivity contribution in [2.75, 3.05) is 11.3 Å². The zero-order valence-corrected chi connectivity index (χ0v) is 14.0. The van der Waals surface area contributed by atoms with Gasteiger partial charge in [0, 0.05) is 10.7 Å². The predicted octanol–water partition coefficient (Wildman–Crippen LogP) is 3.35. The summed E-state index contributed by atoms with van der Waals surface area (Å²) in [5.41, 5.74) is 0.766. The summed E-state index contributed by atoms with van der Waals surface area (Å²) in [7, 11) is -3.67. The van der Waals surface area contributed by atoms with E-state index in [1.165, 1.54) is 12.3 Å². The minimum absolute atomic E-state index is 0.172. The number of sulfonamides is 1. The molecule has 0 fully saturated rings. The Bertz CT molecular complexity index is 748. The van der Waals surface area contributed by atoms with Gasteiger partial charge in [0.15, 0.2) is 0 Å². The first-order chi connectivity index (χ1) is 9.92. The van der Waals surface area contributed by atoms with Crippen LogP contribution in [0.3, 0.4) is 0 Å². The quantitative estimate of drug-likeness (QED) is 0.875. The van der Waals surface area contributed by atoms with E-state index in [1.54, 1.807) is 31.2 Å². The van der Waals surface area contributed by atoms with Crippen LogP contribution in [0, 0.1) is 6.92 Å². The summed E-state index contributed by atoms with van der Waals surface area (Å²) < 4.78 is 33.3. The van der Waals surface area contributed by atoms with Gasteiger partial charge >= 0.3 is 0 Å². The third kappa shape index (κ3) is 3.95. The SMILES string of the molecule is CCOc1ccc(S(=O)(=O)Nc2cc(Br)ccn2)cc1C. The Labute approximate surface area is 132 Å². The second-order valence-corrected chi connectivity index (χ2v) is 6.92. The minimum Gasteiger partial charge on any atom is -0.494 e. The molecule has 7 heteroatoms. The fraction of sp³-hybridized carbons (Fsp3) is 0.214. The number of halogens is 1. The lowest BCUT2D eigenvalue weighted by atomic mass is 10.2. The summed E-state index contributed by atoms with van der Waals surface area (Å²) in [6.45, 7) is 4.22. The van der Waals surface area contributed by atoms with E-state index in [-0.39, 0.29) is 10.7 Å². The highest BCUT2D eigenvalue weighted by atomic mass is 79.9. The van der Waals surface area contributed by atoms with Gasteiger partial charge in [0.1, 0.15) is 11.6 Å². The van der Waals surface area contributed by atoms with E-state index in [1.807, 2.05) is 6.92 Å². The van der Waals surface area contributed by atoms with Crippen LogP contribution in [-0.2, 0) is 10.0 Å². The molecule has 0 saturated heterocycles. The number of rotatable bonds is 5. The Morgan fingerprint density at radius 2 is 2.05 bits per heavy atom. The van der Waals surface area contributed by atoms with Crippen molar-refractivity contribution in [2.24, 2.45) is 0 Å². The fourth-order valence-electron chi connectivity index (χ4n) is 1.76. The average Bonchev–Trinajstić information content (AvgIpc) is 2.40. The van der Waals surface area contributed by atoms with Crippen molar-refractivity contribution in [1.29, 1.82) is 0 Å². The van der Waals surface area contributed by atoms with Crippen LogP contribution in [0.15, 0.2) is 45.9 Å². The van der Waals surface area contributed by atoms with Crippen LogP contribution in [0.25, 0.3) is 0 Å². The molecule has 2 aromatic rings. The van der Waals surface area contributed by atoms with E-state index in [0.717, 1.165) is 10.0 Å². The van der Waals surface area contributed by atoms with Crippen molar-refractivity contribution in [1.82, 2.24) is 4.98 Å². The molecule has 0 saturated carbocycles. The molecule has 0 bridgehead atoms. The number of nitrogens with one attached hydrogen (secondary N) is 1. The number of aromatic nitrogens is 1. The van der Waals surface area contributed by atoms with Gasteiger partial charge in [-0.05, 0) is 49.7 Å². The molecule has 5 nitrogen and oxygen atoms in total. The van der Waals surface area contributed by atoms with Crippen molar-refractivity contribution in [3.05, 3.63) is 46.6 Å². The van der Waals surface area contributed by atoms with Gasteiger partial charge in [-0.1, -0.05) is 15.9 Å². The van der Waals surface area contributed by atoms with Crippen LogP contribution in [0.4, 0.5) is 5.82 Å². The van der Waals surface area contributed by atoms with E-state index < -0.39 is 10.0 Å². The summed E-state index contributed by atoms with van der Waals surface area (Å²) >= 11 is 3.27. The van der Waals surface area contributed by atoms with Gasteiger partial charge < -0.3 is 4.74 Å². The number of nitrogens with zero attached hydrogens (tertiary/aromatic N) is 1. The Morgan fingerprint density at radius 3 is 2.67 bits per heavy atom. The van der Waals surface area contributed by atoms with Gasteiger partial charge in [0.2, 0.25) is 0 Å². The Morgan fingerprint density at radius 1 is 1.29 bits per heavy atom. The smallest absolute Gasteiger partial charge is 0.263 e. The average molecular weight is 371 g/mol. The van der Waals surface area contributed by atoms with Crippen molar-refractivity contribution < 1.29 is 13.2 Å². The van der Waals surface area contributed by atoms with Crippen LogP contribution in [0.1, 0.15) is 12.5 Å². The molecule has 0 aliphatic carbocycles. The highest BCUT2D eigenvalue weighted by molar-refractivity contribution is 9.10. The molecule has 0 unspecified atom stereocenters. The molecule has 1 heterocycles. The molecule has 1 aromatic heterocycles. The first-order valence-electron chi connectivity index (χ1n) is 6.30. The van der Waals surface area contributed by atoms with E-state index in [4.69, 9.17) is 4.74 Å². The molecule has 0 amide bonds. The van der Waals surface area contributed by atoms with Gasteiger partial charge in [-0.25, -0.2) is 13.4 Å². The van der Waals surface area contributed by atoms with Crippen LogP contribution < -0.4 is 9.46 Å². The summed E-state index contributed by atoms with van der Waals surface area (Å²) in [4.78, 5) is 4.15. The van der Waals surface area contributed by atoms with Crippen LogP contribution >= 0.6 is 15.9 Å². The lowest BCUT2D eigenvalue weighted by molar-refractivity contribution is 0.337. The topological polar surface area (TPSA) is 68.3 Å². The van der Waals surface area contributed by atoms with Crippen molar-refractivity contribution in [2.45, 2.75) is 18.7 Å². The molecule has 1 aromatic carbocycles. The number of anilines is 1. The van der Waals surface area contributed by atoms with E-state index in [0.29, 0.717) is 12.4 Å². The number of ether oxygens (including phenoxy) is 1. The number of benzene rings is 1. The molecular formula is C14H15BrN2O3S. The van der Waals surface area contributed by atoms with Gasteiger partial charge in [-0.15, -0.1) is 0 Å². The highest BCUT2D eigenvalue weighted by Crippen LogP contribution is 2.23. The maximum absolute atomic E-state index is 12.3. The number of aryl methyl sites for hydroxylation is 1. The van der Waals surface area contributed by atoms with E-state index >= 15 is 0 Å². The normalized spacial score (nSPS) is 11.2. The zero-order valence-electron chi connectivity index (χ0n) is 11.6. The van der Waals surface area contributed by atoms with E-state index in [9.17, 15) is 8.42 Å². The van der Waals surface area contributed by atoms with Gasteiger partial charge in [-0.2, -0.15) is 0 Å². The minimum atomic E-state index is -3.67. The Balaban J connectivity index is 2.29. The first-order valence-corrected chi connectivity index (χ1v) is 8.58. The van der Waals surface area contributed by atoms with Gasteiger partial charge in [0.25, 0.3) is 10.0 Å². The largest absolute Gasteiger partial charge is 0.494 e. The molecule has 0 aliphatic rings. The lowest BCUT2D eigenvalue weighted by Crippen LogP contribution is -2.14. The molecule has 112 valence electrons. The molecule has 0 atom stereocenters. The van der Waals surface area contributed by atoms with Crippen molar-refractivity contribution >= 4 is 31.8 Å². The number of pyridine rings is 1. The van der Waals surface area contributed by atoms with Crippen molar-refractivity contribution in [3.8, 4) is 5.75 Å². The molecule has 1 N–H and O–H groups in total. The monoisotopic (exact) mass is 370 g/mol. The molecular weight excluding hydrogens is 356 g/mol. The summed E-state index contributed by atoms with van der Waals surface area (Å²) in [6, 6.07) is 8.06. The maximum Gasteiger partial charge on any atom is 0.263 e. The highest BCUT2D eigenvalue weighted by Gasteiger charge is 2.16. The predicted molar refractivity (Wildman–Crippen MR) is 85.1 cm³/mol. The Hall–Kier alpha value is -1.60. The van der Waals surface area contributed by atoms with Crippen molar-refractivity contribution in [3.63, 3.8) is 0 Å². The van der Waals surface area contributed by atoms with Crippen LogP contribution in [0.2, 0.25) is 0 Å². The summed E-state index contributed by atoms with van der Waals surface area (Å²) in [6.07, 6.45) is 1.52. The lowest BCUT2D eigenvalue weighted by Gasteiger charge is -2.11. The number of hydrogen-bond donors (Lipinski definition) is 1. The fourth-order valence-corrected chi connectivity index (χ4v) is 3.18. The molecule has 0 aliphatic heterocycles. The van der Waals surface area contributed by atoms with Gasteiger partial charge in [-0.3, -0.25) is 4.72 Å².